The number of aryl methyl sites for hydroxylation is 3. The number of ether oxygens (including phenoxy) is 3. The Morgan fingerprint density at radius 2 is 0.711 bits per heavy atom. The zero-order valence-electron chi connectivity index (χ0n) is 27.6. The monoisotopic (exact) mass is 603 g/mol. The summed E-state index contributed by atoms with van der Waals surface area (Å²) in [5.74, 6) is 2.12. The van der Waals surface area contributed by atoms with Gasteiger partial charge in [0.05, 0.1) is 0 Å². The average Bonchev–Trinajstić information content (AvgIpc) is 2.99. The second-order valence-electron chi connectivity index (χ2n) is 11.7. The van der Waals surface area contributed by atoms with E-state index in [4.69, 9.17) is 14.2 Å². The van der Waals surface area contributed by atoms with E-state index in [2.05, 4.69) is 73.7 Å². The molecule has 6 heteroatoms. The molecule has 0 N–H and O–H groups in total. The average molecular weight is 604 g/mol. The van der Waals surface area contributed by atoms with Gasteiger partial charge in [0.2, 0.25) is 0 Å². The maximum atomic E-state index is 6.50. The second-order valence-corrected chi connectivity index (χ2v) is 11.7. The van der Waals surface area contributed by atoms with Crippen molar-refractivity contribution in [3.05, 3.63) is 124 Å². The Labute approximate surface area is 268 Å². The van der Waals surface area contributed by atoms with Crippen LogP contribution in [0.3, 0.4) is 0 Å². The van der Waals surface area contributed by atoms with Gasteiger partial charge in [-0.1, -0.05) is 112 Å². The molecular formula is C39H45N3O3. The molecule has 0 aliphatic rings. The number of hydrogen-bond acceptors (Lipinski definition) is 6. The molecule has 3 aromatic carbocycles. The van der Waals surface area contributed by atoms with Crippen molar-refractivity contribution in [3.8, 4) is 35.3 Å². The van der Waals surface area contributed by atoms with E-state index in [-0.39, 0.29) is 18.0 Å². The normalized spacial score (nSPS) is 10.8. The van der Waals surface area contributed by atoms with Crippen molar-refractivity contribution >= 4 is 0 Å². The SMILES string of the molecule is C=C(C)Cc1cccc(CC)c1Oc1nc(Oc2c(CC)cccc2CC(=C)C)nc(Oc2c(CC)cccc2CC(=C)C)n1. The molecule has 0 aliphatic heterocycles. The minimum Gasteiger partial charge on any atom is -0.423 e. The number of allylic oxidation sites excluding steroid dienone is 3. The molecule has 1 heterocycles. The van der Waals surface area contributed by atoms with Crippen LogP contribution in [0.25, 0.3) is 0 Å². The standard InChI is InChI=1S/C39H45N3O3/c1-10-28-16-13-19-31(22-25(4)5)34(28)43-37-40-38(44-35-29(11-2)17-14-20-32(35)23-26(6)7)42-39(41-37)45-36-30(12-3)18-15-21-33(36)24-27(8)9/h13-21H,4,6,8,10-12,22-24H2,1-3,5,7,9H3. The van der Waals surface area contributed by atoms with Crippen LogP contribution in [-0.4, -0.2) is 15.0 Å². The van der Waals surface area contributed by atoms with Gasteiger partial charge in [-0.15, -0.1) is 15.0 Å². The van der Waals surface area contributed by atoms with Gasteiger partial charge in [-0.3, -0.25) is 0 Å². The summed E-state index contributed by atoms with van der Waals surface area (Å²) in [6.45, 7) is 24.7. The summed E-state index contributed by atoms with van der Waals surface area (Å²) in [6, 6.07) is 18.7. The number of rotatable bonds is 15. The molecule has 0 spiro atoms. The van der Waals surface area contributed by atoms with Crippen molar-refractivity contribution in [2.45, 2.75) is 80.1 Å². The number of nitrogens with zero attached hydrogens (tertiary/aromatic N) is 3. The van der Waals surface area contributed by atoms with Crippen LogP contribution in [0.5, 0.6) is 35.3 Å². The van der Waals surface area contributed by atoms with Crippen LogP contribution in [0.4, 0.5) is 0 Å². The van der Waals surface area contributed by atoms with Crippen molar-refractivity contribution < 1.29 is 14.2 Å². The van der Waals surface area contributed by atoms with Crippen molar-refractivity contribution in [2.24, 2.45) is 0 Å². The lowest BCUT2D eigenvalue weighted by atomic mass is 10.0. The molecule has 0 fully saturated rings. The highest BCUT2D eigenvalue weighted by molar-refractivity contribution is 5.47. The Kier molecular flexibility index (Phi) is 11.3. The van der Waals surface area contributed by atoms with Crippen LogP contribution >= 0.6 is 0 Å². The van der Waals surface area contributed by atoms with Crippen LogP contribution in [0.2, 0.25) is 0 Å². The zero-order valence-corrected chi connectivity index (χ0v) is 27.6. The van der Waals surface area contributed by atoms with Gasteiger partial charge in [-0.05, 0) is 92.7 Å². The van der Waals surface area contributed by atoms with Crippen LogP contribution in [0.15, 0.2) is 91.1 Å². The molecule has 0 radical (unpaired) electrons. The molecule has 6 nitrogen and oxygen atoms in total. The molecule has 0 atom stereocenters. The van der Waals surface area contributed by atoms with E-state index in [9.17, 15) is 0 Å². The quantitative estimate of drug-likeness (QED) is 0.126. The fraction of sp³-hybridized carbons (Fsp3) is 0.308. The summed E-state index contributed by atoms with van der Waals surface area (Å²) < 4.78 is 19.5. The molecule has 0 bridgehead atoms. The molecule has 0 amide bonds. The van der Waals surface area contributed by atoms with E-state index in [1.807, 2.05) is 57.2 Å². The summed E-state index contributed by atoms with van der Waals surface area (Å²) in [5.41, 5.74) is 9.22. The topological polar surface area (TPSA) is 66.4 Å². The Hall–Kier alpha value is -4.71. The van der Waals surface area contributed by atoms with Crippen LogP contribution in [0.1, 0.15) is 74.9 Å². The summed E-state index contributed by atoms with van der Waals surface area (Å²) in [4.78, 5) is 14.0. The molecule has 0 saturated heterocycles. The first kappa shape index (κ1) is 33.2. The fourth-order valence-electron chi connectivity index (χ4n) is 5.27. The van der Waals surface area contributed by atoms with E-state index in [0.29, 0.717) is 36.5 Å². The van der Waals surface area contributed by atoms with Crippen molar-refractivity contribution in [1.82, 2.24) is 15.0 Å². The van der Waals surface area contributed by atoms with Gasteiger partial charge in [-0.25, -0.2) is 0 Å². The maximum Gasteiger partial charge on any atom is 0.331 e. The number of benzene rings is 3. The lowest BCUT2D eigenvalue weighted by Crippen LogP contribution is -2.06. The highest BCUT2D eigenvalue weighted by Crippen LogP contribution is 2.36. The molecule has 234 valence electrons. The maximum absolute atomic E-state index is 6.50. The van der Waals surface area contributed by atoms with E-state index >= 15 is 0 Å². The summed E-state index contributed by atoms with van der Waals surface area (Å²) >= 11 is 0. The van der Waals surface area contributed by atoms with Gasteiger partial charge in [-0.2, -0.15) is 0 Å². The first-order valence-electron chi connectivity index (χ1n) is 15.7. The predicted molar refractivity (Wildman–Crippen MR) is 183 cm³/mol. The van der Waals surface area contributed by atoms with Gasteiger partial charge < -0.3 is 14.2 Å². The minimum absolute atomic E-state index is 0.0877. The van der Waals surface area contributed by atoms with Gasteiger partial charge in [0.1, 0.15) is 17.2 Å². The summed E-state index contributed by atoms with van der Waals surface area (Å²) in [5, 5.41) is 0. The lowest BCUT2D eigenvalue weighted by Gasteiger charge is -2.18. The Morgan fingerprint density at radius 3 is 0.933 bits per heavy atom. The first-order valence-corrected chi connectivity index (χ1v) is 15.7. The Bertz CT molecular complexity index is 1500. The van der Waals surface area contributed by atoms with Gasteiger partial charge in [0.25, 0.3) is 0 Å². The highest BCUT2D eigenvalue weighted by Gasteiger charge is 2.20. The number of hydrogen-bond donors (Lipinski definition) is 0. The smallest absolute Gasteiger partial charge is 0.331 e. The van der Waals surface area contributed by atoms with Gasteiger partial charge in [0, 0.05) is 0 Å². The van der Waals surface area contributed by atoms with Gasteiger partial charge in [0.15, 0.2) is 0 Å². The van der Waals surface area contributed by atoms with Crippen LogP contribution < -0.4 is 14.2 Å². The first-order chi connectivity index (χ1) is 21.6. The largest absolute Gasteiger partial charge is 0.423 e. The molecule has 45 heavy (non-hydrogen) atoms. The molecule has 1 aromatic heterocycles. The molecular weight excluding hydrogens is 558 g/mol. The van der Waals surface area contributed by atoms with Crippen molar-refractivity contribution in [3.63, 3.8) is 0 Å². The fourth-order valence-corrected chi connectivity index (χ4v) is 5.27. The molecule has 4 rings (SSSR count). The van der Waals surface area contributed by atoms with Gasteiger partial charge >= 0.3 is 18.0 Å². The number of aromatic nitrogens is 3. The predicted octanol–water partition coefficient (Wildman–Crippen LogP) is 10.3. The van der Waals surface area contributed by atoms with Crippen molar-refractivity contribution in [1.29, 1.82) is 0 Å². The highest BCUT2D eigenvalue weighted by atomic mass is 16.5. The molecule has 0 aliphatic carbocycles. The van der Waals surface area contributed by atoms with E-state index in [1.54, 1.807) is 0 Å². The third kappa shape index (κ3) is 8.69. The van der Waals surface area contributed by atoms with E-state index < -0.39 is 0 Å². The Balaban J connectivity index is 1.87. The van der Waals surface area contributed by atoms with Crippen LogP contribution in [0, 0.1) is 0 Å². The molecule has 0 saturated carbocycles. The van der Waals surface area contributed by atoms with Crippen LogP contribution in [-0.2, 0) is 38.5 Å². The molecule has 0 unspecified atom stereocenters. The lowest BCUT2D eigenvalue weighted by molar-refractivity contribution is 0.355. The zero-order chi connectivity index (χ0) is 32.5. The summed E-state index contributed by atoms with van der Waals surface area (Å²) in [7, 11) is 0. The van der Waals surface area contributed by atoms with Crippen molar-refractivity contribution in [2.75, 3.05) is 0 Å². The third-order valence-electron chi connectivity index (χ3n) is 7.31. The number of para-hydroxylation sites is 3. The summed E-state index contributed by atoms with van der Waals surface area (Å²) in [6.07, 6.45) is 4.34. The van der Waals surface area contributed by atoms with E-state index in [0.717, 1.165) is 69.4 Å². The Morgan fingerprint density at radius 1 is 0.467 bits per heavy atom. The van der Waals surface area contributed by atoms with E-state index in [1.165, 1.54) is 0 Å². The molecule has 4 aromatic rings. The second kappa shape index (κ2) is 15.3. The third-order valence-corrected chi connectivity index (χ3v) is 7.31. The minimum atomic E-state index is 0.0877.